The zero-order valence-electron chi connectivity index (χ0n) is 21.4. The Kier molecular flexibility index (Phi) is 7.30. The molecular formula is C27H46O8. The first-order valence-corrected chi connectivity index (χ1v) is 13.3. The molecule has 202 valence electrons. The van der Waals surface area contributed by atoms with Crippen LogP contribution in [0.2, 0.25) is 0 Å². The van der Waals surface area contributed by atoms with E-state index in [0.29, 0.717) is 32.1 Å². The van der Waals surface area contributed by atoms with E-state index >= 15 is 0 Å². The van der Waals surface area contributed by atoms with Crippen LogP contribution < -0.4 is 0 Å². The van der Waals surface area contributed by atoms with Crippen molar-refractivity contribution in [2.75, 3.05) is 6.61 Å². The maximum absolute atomic E-state index is 12.3. The molecular weight excluding hydrogens is 452 g/mol. The molecule has 0 bridgehead atoms. The largest absolute Gasteiger partial charge is 0.396 e. The molecule has 0 aliphatic heterocycles. The Bertz CT molecular complexity index is 806. The lowest BCUT2D eigenvalue weighted by molar-refractivity contribution is -0.322. The Morgan fingerprint density at radius 1 is 0.857 bits per heavy atom. The summed E-state index contributed by atoms with van der Waals surface area (Å²) in [5, 5.41) is 87.9. The number of aliphatic hydroxyl groups is 8. The number of allylic oxidation sites excluding steroid dienone is 2. The molecule has 35 heavy (non-hydrogen) atoms. The van der Waals surface area contributed by atoms with Crippen LogP contribution in [0.1, 0.15) is 59.8 Å². The zero-order valence-corrected chi connectivity index (χ0v) is 21.4. The van der Waals surface area contributed by atoms with Crippen molar-refractivity contribution in [3.05, 3.63) is 12.2 Å². The van der Waals surface area contributed by atoms with Gasteiger partial charge in [0.1, 0.15) is 11.7 Å². The predicted octanol–water partition coefficient (Wildman–Crippen LogP) is 0.186. The molecule has 4 rings (SSSR count). The molecule has 15 atom stereocenters. The molecule has 8 nitrogen and oxygen atoms in total. The fourth-order valence-corrected chi connectivity index (χ4v) is 9.20. The normalized spacial score (nSPS) is 55.8. The Morgan fingerprint density at radius 2 is 1.49 bits per heavy atom. The smallest absolute Gasteiger partial charge is 0.110 e. The molecule has 0 amide bonds. The second-order valence-corrected chi connectivity index (χ2v) is 12.8. The molecule has 8 N–H and O–H groups in total. The maximum Gasteiger partial charge on any atom is 0.110 e. The van der Waals surface area contributed by atoms with E-state index in [1.807, 2.05) is 39.8 Å². The van der Waals surface area contributed by atoms with Gasteiger partial charge in [-0.1, -0.05) is 39.8 Å². The number of hydrogen-bond acceptors (Lipinski definition) is 8. The summed E-state index contributed by atoms with van der Waals surface area (Å²) < 4.78 is 0. The van der Waals surface area contributed by atoms with Crippen molar-refractivity contribution in [1.29, 1.82) is 0 Å². The lowest BCUT2D eigenvalue weighted by atomic mass is 9.40. The lowest BCUT2D eigenvalue weighted by Crippen LogP contribution is -2.76. The van der Waals surface area contributed by atoms with Crippen molar-refractivity contribution >= 4 is 0 Å². The van der Waals surface area contributed by atoms with Gasteiger partial charge in [-0.05, 0) is 66.6 Å². The average Bonchev–Trinajstić information content (AvgIpc) is 3.00. The minimum atomic E-state index is -1.86. The molecule has 4 saturated carbocycles. The van der Waals surface area contributed by atoms with E-state index in [1.54, 1.807) is 0 Å². The van der Waals surface area contributed by atoms with Gasteiger partial charge in [0.05, 0.1) is 30.5 Å². The van der Waals surface area contributed by atoms with Gasteiger partial charge in [0.25, 0.3) is 0 Å². The van der Waals surface area contributed by atoms with Gasteiger partial charge < -0.3 is 40.9 Å². The highest BCUT2D eigenvalue weighted by Crippen LogP contribution is 2.69. The van der Waals surface area contributed by atoms with Crippen molar-refractivity contribution in [2.24, 2.45) is 46.3 Å². The second kappa shape index (κ2) is 9.31. The van der Waals surface area contributed by atoms with E-state index in [2.05, 4.69) is 0 Å². The van der Waals surface area contributed by atoms with Gasteiger partial charge in [-0.25, -0.2) is 0 Å². The van der Waals surface area contributed by atoms with Crippen LogP contribution in [-0.4, -0.2) is 89.7 Å². The summed E-state index contributed by atoms with van der Waals surface area (Å²) >= 11 is 0. The van der Waals surface area contributed by atoms with Crippen LogP contribution in [0.4, 0.5) is 0 Å². The van der Waals surface area contributed by atoms with Crippen LogP contribution in [-0.2, 0) is 0 Å². The third-order valence-electron chi connectivity index (χ3n) is 10.9. The summed E-state index contributed by atoms with van der Waals surface area (Å²) in [6.45, 7) is 7.88. The molecule has 4 aliphatic carbocycles. The third kappa shape index (κ3) is 3.78. The summed E-state index contributed by atoms with van der Waals surface area (Å²) in [6, 6.07) is 0. The number of rotatable bonds is 5. The van der Waals surface area contributed by atoms with Crippen LogP contribution in [0.5, 0.6) is 0 Å². The van der Waals surface area contributed by atoms with Crippen molar-refractivity contribution in [3.8, 4) is 0 Å². The SMILES string of the molecule is CC(CO)CC=CC(C)C1C(O)C(O)C2C1(C)CCC1C3(C)CCC(O)C(O)C3C(O)C(O)C12O. The van der Waals surface area contributed by atoms with E-state index in [4.69, 9.17) is 0 Å². The van der Waals surface area contributed by atoms with Crippen molar-refractivity contribution in [3.63, 3.8) is 0 Å². The van der Waals surface area contributed by atoms with E-state index in [9.17, 15) is 40.9 Å². The van der Waals surface area contributed by atoms with Gasteiger partial charge in [0, 0.05) is 18.4 Å². The summed E-state index contributed by atoms with van der Waals surface area (Å²) in [4.78, 5) is 0. The molecule has 0 heterocycles. The minimum Gasteiger partial charge on any atom is -0.396 e. The molecule has 0 aromatic heterocycles. The molecule has 0 aromatic carbocycles. The Hall–Kier alpha value is -0.580. The zero-order chi connectivity index (χ0) is 26.1. The van der Waals surface area contributed by atoms with Gasteiger partial charge in [-0.15, -0.1) is 0 Å². The van der Waals surface area contributed by atoms with Crippen LogP contribution in [0, 0.1) is 46.3 Å². The molecule has 0 saturated heterocycles. The molecule has 0 spiro atoms. The molecule has 8 heteroatoms. The molecule has 0 aromatic rings. The Balaban J connectivity index is 1.71. The fourth-order valence-electron chi connectivity index (χ4n) is 9.20. The van der Waals surface area contributed by atoms with Gasteiger partial charge in [-0.2, -0.15) is 0 Å². The molecule has 4 aliphatic rings. The maximum atomic E-state index is 12.3. The Morgan fingerprint density at radius 3 is 2.11 bits per heavy atom. The van der Waals surface area contributed by atoms with E-state index in [0.717, 1.165) is 0 Å². The van der Waals surface area contributed by atoms with E-state index in [-0.39, 0.29) is 24.4 Å². The minimum absolute atomic E-state index is 0.0867. The molecule has 15 unspecified atom stereocenters. The van der Waals surface area contributed by atoms with E-state index in [1.165, 1.54) is 0 Å². The summed E-state index contributed by atoms with van der Waals surface area (Å²) in [6.07, 6.45) is -1.13. The highest BCUT2D eigenvalue weighted by Gasteiger charge is 2.76. The van der Waals surface area contributed by atoms with Gasteiger partial charge in [0.15, 0.2) is 0 Å². The first kappa shape index (κ1) is 27.5. The summed E-state index contributed by atoms with van der Waals surface area (Å²) in [5.74, 6) is -2.56. The Labute approximate surface area is 208 Å². The first-order valence-electron chi connectivity index (χ1n) is 13.3. The van der Waals surface area contributed by atoms with Crippen LogP contribution in [0.3, 0.4) is 0 Å². The van der Waals surface area contributed by atoms with Crippen molar-refractivity contribution < 1.29 is 40.9 Å². The van der Waals surface area contributed by atoms with E-state index < -0.39 is 70.8 Å². The molecule has 0 radical (unpaired) electrons. The predicted molar refractivity (Wildman–Crippen MR) is 129 cm³/mol. The topological polar surface area (TPSA) is 162 Å². The number of fused-ring (bicyclic) bond motifs is 5. The van der Waals surface area contributed by atoms with Crippen molar-refractivity contribution in [2.45, 2.75) is 102 Å². The van der Waals surface area contributed by atoms with Gasteiger partial charge in [-0.3, -0.25) is 0 Å². The summed E-state index contributed by atoms with van der Waals surface area (Å²) in [5.41, 5.74) is -3.31. The number of aliphatic hydroxyl groups excluding tert-OH is 7. The van der Waals surface area contributed by atoms with Crippen LogP contribution >= 0.6 is 0 Å². The van der Waals surface area contributed by atoms with Gasteiger partial charge in [0.2, 0.25) is 0 Å². The highest BCUT2D eigenvalue weighted by atomic mass is 16.4. The van der Waals surface area contributed by atoms with Crippen LogP contribution in [0.25, 0.3) is 0 Å². The van der Waals surface area contributed by atoms with Gasteiger partial charge >= 0.3 is 0 Å². The van der Waals surface area contributed by atoms with Crippen molar-refractivity contribution in [1.82, 2.24) is 0 Å². The second-order valence-electron chi connectivity index (χ2n) is 12.8. The lowest BCUT2D eigenvalue weighted by Gasteiger charge is -2.67. The average molecular weight is 499 g/mol. The summed E-state index contributed by atoms with van der Waals surface area (Å²) in [7, 11) is 0. The monoisotopic (exact) mass is 498 g/mol. The number of hydrogen-bond donors (Lipinski definition) is 8. The standard InChI is InChI=1S/C27H46O8/c1-13(12-28)6-5-7-14(2)17-20(31)22(33)23-26(17,4)11-9-16-25(3)10-8-15(29)19(30)18(25)21(32)24(34)27(16,23)35/h5,7,13-24,28-35H,6,8-12H2,1-4H3. The third-order valence-corrected chi connectivity index (χ3v) is 10.9. The first-order chi connectivity index (χ1) is 16.3. The van der Waals surface area contributed by atoms with Crippen LogP contribution in [0.15, 0.2) is 12.2 Å². The molecule has 4 fully saturated rings. The fraction of sp³-hybridized carbons (Fsp3) is 0.926. The highest BCUT2D eigenvalue weighted by molar-refractivity contribution is 5.25. The quantitative estimate of drug-likeness (QED) is 0.249.